The summed E-state index contributed by atoms with van der Waals surface area (Å²) in [6.07, 6.45) is 7.71. The Morgan fingerprint density at radius 2 is 1.93 bits per heavy atom. The lowest BCUT2D eigenvalue weighted by Crippen LogP contribution is -2.51. The summed E-state index contributed by atoms with van der Waals surface area (Å²) in [4.78, 5) is 21.2. The van der Waals surface area contributed by atoms with Crippen LogP contribution in [0.1, 0.15) is 51.1 Å². The summed E-state index contributed by atoms with van der Waals surface area (Å²) in [7, 11) is 7.88. The van der Waals surface area contributed by atoms with Gasteiger partial charge in [0.15, 0.2) is 5.96 Å². The summed E-state index contributed by atoms with van der Waals surface area (Å²) in [5.41, 5.74) is 1.17. The number of rotatable bonds is 8. The predicted octanol–water partition coefficient (Wildman–Crippen LogP) is 2.23. The van der Waals surface area contributed by atoms with E-state index < -0.39 is 0 Å². The van der Waals surface area contributed by atoms with Gasteiger partial charge in [-0.3, -0.25) is 14.5 Å². The number of aromatic nitrogens is 2. The van der Waals surface area contributed by atoms with Gasteiger partial charge in [-0.1, -0.05) is 13.8 Å². The number of aryl methyl sites for hydroxylation is 1. The first-order chi connectivity index (χ1) is 13.9. The third kappa shape index (κ3) is 7.40. The fourth-order valence-electron chi connectivity index (χ4n) is 3.93. The molecule has 0 saturated carbocycles. The van der Waals surface area contributed by atoms with Crippen LogP contribution >= 0.6 is 24.0 Å². The summed E-state index contributed by atoms with van der Waals surface area (Å²) < 4.78 is 1.83. The van der Waals surface area contributed by atoms with E-state index in [2.05, 4.69) is 59.8 Å². The van der Waals surface area contributed by atoms with Crippen molar-refractivity contribution in [3.05, 3.63) is 18.0 Å². The molecule has 0 radical (unpaired) electrons. The highest BCUT2D eigenvalue weighted by Gasteiger charge is 2.27. The number of hydrogen-bond donors (Lipinski definition) is 2. The molecule has 2 N–H and O–H groups in total. The topological polar surface area (TPSA) is 77.8 Å². The molecule has 0 bridgehead atoms. The Bertz CT molecular complexity index is 664. The molecule has 0 spiro atoms. The van der Waals surface area contributed by atoms with E-state index in [0.717, 1.165) is 51.3 Å². The van der Waals surface area contributed by atoms with Crippen molar-refractivity contribution in [1.82, 2.24) is 30.2 Å². The lowest BCUT2D eigenvalue weighted by Gasteiger charge is -2.35. The molecule has 0 aromatic carbocycles. The fourth-order valence-corrected chi connectivity index (χ4v) is 3.93. The summed E-state index contributed by atoms with van der Waals surface area (Å²) in [5, 5.41) is 11.3. The third-order valence-corrected chi connectivity index (χ3v) is 5.90. The Morgan fingerprint density at radius 1 is 1.30 bits per heavy atom. The van der Waals surface area contributed by atoms with Crippen LogP contribution in [0.15, 0.2) is 17.4 Å². The fraction of sp³-hybridized carbons (Fsp3) is 0.762. The van der Waals surface area contributed by atoms with Gasteiger partial charge in [-0.2, -0.15) is 5.10 Å². The maximum atomic E-state index is 12.6. The van der Waals surface area contributed by atoms with E-state index in [-0.39, 0.29) is 35.9 Å². The average Bonchev–Trinajstić information content (AvgIpc) is 3.14. The predicted molar refractivity (Wildman–Crippen MR) is 133 cm³/mol. The maximum absolute atomic E-state index is 12.6. The largest absolute Gasteiger partial charge is 0.354 e. The number of carbonyl (C=O) groups is 1. The van der Waals surface area contributed by atoms with Crippen LogP contribution in [-0.2, 0) is 11.8 Å². The van der Waals surface area contributed by atoms with Gasteiger partial charge in [0.1, 0.15) is 0 Å². The van der Waals surface area contributed by atoms with E-state index in [4.69, 9.17) is 0 Å². The van der Waals surface area contributed by atoms with Crippen LogP contribution in [0.5, 0.6) is 0 Å². The molecule has 1 atom stereocenters. The molecule has 2 rings (SSSR count). The highest BCUT2D eigenvalue weighted by Crippen LogP contribution is 2.18. The van der Waals surface area contributed by atoms with Crippen LogP contribution in [0.25, 0.3) is 0 Å². The van der Waals surface area contributed by atoms with Gasteiger partial charge in [0.2, 0.25) is 5.91 Å². The molecular weight excluding hydrogens is 493 g/mol. The van der Waals surface area contributed by atoms with Crippen LogP contribution in [0.4, 0.5) is 0 Å². The van der Waals surface area contributed by atoms with Crippen molar-refractivity contribution in [3.63, 3.8) is 0 Å². The SMILES string of the molecule is CCC(CC)C(=O)N1CCC(NC(=NC)NCC(c2cnn(C)c2)N(C)C)CC1.I. The van der Waals surface area contributed by atoms with E-state index in [0.29, 0.717) is 11.9 Å². The number of amides is 1. The zero-order valence-electron chi connectivity index (χ0n) is 19.4. The lowest BCUT2D eigenvalue weighted by molar-refractivity contribution is -0.136. The first kappa shape index (κ1) is 26.7. The van der Waals surface area contributed by atoms with Gasteiger partial charge in [0.05, 0.1) is 12.2 Å². The van der Waals surface area contributed by atoms with Crippen molar-refractivity contribution in [2.24, 2.45) is 18.0 Å². The monoisotopic (exact) mass is 533 g/mol. The first-order valence-electron chi connectivity index (χ1n) is 10.8. The highest BCUT2D eigenvalue weighted by atomic mass is 127. The van der Waals surface area contributed by atoms with Crippen LogP contribution < -0.4 is 10.6 Å². The van der Waals surface area contributed by atoms with Crippen molar-refractivity contribution in [1.29, 1.82) is 0 Å². The molecule has 30 heavy (non-hydrogen) atoms. The van der Waals surface area contributed by atoms with Gasteiger partial charge in [-0.05, 0) is 39.8 Å². The van der Waals surface area contributed by atoms with Crippen molar-refractivity contribution in [3.8, 4) is 0 Å². The van der Waals surface area contributed by atoms with Gasteiger partial charge in [-0.25, -0.2) is 0 Å². The van der Waals surface area contributed by atoms with Crippen LogP contribution in [0.3, 0.4) is 0 Å². The molecule has 172 valence electrons. The van der Waals surface area contributed by atoms with Crippen molar-refractivity contribution < 1.29 is 4.79 Å². The second-order valence-electron chi connectivity index (χ2n) is 8.14. The normalized spacial score (nSPS) is 16.5. The minimum atomic E-state index is 0. The smallest absolute Gasteiger partial charge is 0.225 e. The Labute approximate surface area is 198 Å². The molecular formula is C21H40IN7O. The Balaban J connectivity index is 0.00000450. The van der Waals surface area contributed by atoms with E-state index >= 15 is 0 Å². The number of likely N-dealkylation sites (N-methyl/N-ethyl adjacent to an activating group) is 1. The van der Waals surface area contributed by atoms with Crippen molar-refractivity contribution in [2.75, 3.05) is 40.8 Å². The lowest BCUT2D eigenvalue weighted by atomic mass is 9.98. The Hall–Kier alpha value is -1.36. The van der Waals surface area contributed by atoms with Gasteiger partial charge >= 0.3 is 0 Å². The number of halogens is 1. The van der Waals surface area contributed by atoms with Gasteiger partial charge in [-0.15, -0.1) is 24.0 Å². The van der Waals surface area contributed by atoms with Crippen molar-refractivity contribution in [2.45, 2.75) is 51.6 Å². The number of likely N-dealkylation sites (tertiary alicyclic amines) is 1. The molecule has 1 aromatic heterocycles. The molecule has 2 heterocycles. The molecule has 1 aromatic rings. The Kier molecular flexibility index (Phi) is 11.7. The standard InChI is InChI=1S/C21H39N7O.HI/c1-7-16(8-2)20(29)28-11-9-18(10-12-28)25-21(22-3)23-14-19(26(4)5)17-13-24-27(6)15-17;/h13,15-16,18-19H,7-12,14H2,1-6H3,(H2,22,23,25);1H. The minimum absolute atomic E-state index is 0. The average molecular weight is 534 g/mol. The molecule has 1 saturated heterocycles. The molecule has 0 aliphatic carbocycles. The molecule has 1 unspecified atom stereocenters. The molecule has 9 heteroatoms. The van der Waals surface area contributed by atoms with E-state index in [1.165, 1.54) is 5.56 Å². The molecule has 1 amide bonds. The van der Waals surface area contributed by atoms with Crippen LogP contribution in [0.2, 0.25) is 0 Å². The van der Waals surface area contributed by atoms with E-state index in [1.807, 2.05) is 22.8 Å². The number of guanidine groups is 1. The summed E-state index contributed by atoms with van der Waals surface area (Å²) in [6, 6.07) is 0.546. The Morgan fingerprint density at radius 3 is 2.40 bits per heavy atom. The van der Waals surface area contributed by atoms with E-state index in [1.54, 1.807) is 7.05 Å². The molecule has 1 fully saturated rings. The first-order valence-corrected chi connectivity index (χ1v) is 10.8. The van der Waals surface area contributed by atoms with Gasteiger partial charge in [0.25, 0.3) is 0 Å². The second kappa shape index (κ2) is 13.1. The number of piperidine rings is 1. The number of carbonyl (C=O) groups excluding carboxylic acids is 1. The maximum Gasteiger partial charge on any atom is 0.225 e. The number of hydrogen-bond acceptors (Lipinski definition) is 4. The third-order valence-electron chi connectivity index (χ3n) is 5.90. The molecule has 8 nitrogen and oxygen atoms in total. The summed E-state index contributed by atoms with van der Waals surface area (Å²) in [6.45, 7) is 6.58. The summed E-state index contributed by atoms with van der Waals surface area (Å²) in [5.74, 6) is 1.30. The zero-order valence-corrected chi connectivity index (χ0v) is 21.7. The number of aliphatic imine (C=N–C) groups is 1. The number of nitrogens with zero attached hydrogens (tertiary/aromatic N) is 5. The minimum Gasteiger partial charge on any atom is -0.354 e. The van der Waals surface area contributed by atoms with Crippen LogP contribution in [0, 0.1) is 5.92 Å². The van der Waals surface area contributed by atoms with E-state index in [9.17, 15) is 4.79 Å². The number of nitrogens with one attached hydrogen (secondary N) is 2. The zero-order chi connectivity index (χ0) is 21.4. The molecule has 1 aliphatic rings. The van der Waals surface area contributed by atoms with Crippen molar-refractivity contribution >= 4 is 35.8 Å². The second-order valence-corrected chi connectivity index (χ2v) is 8.14. The molecule has 1 aliphatic heterocycles. The van der Waals surface area contributed by atoms with Gasteiger partial charge < -0.3 is 20.4 Å². The van der Waals surface area contributed by atoms with Gasteiger partial charge in [0, 0.05) is 57.4 Å². The highest BCUT2D eigenvalue weighted by molar-refractivity contribution is 14.0. The quantitative estimate of drug-likeness (QED) is 0.305. The summed E-state index contributed by atoms with van der Waals surface area (Å²) >= 11 is 0. The van der Waals surface area contributed by atoms with Crippen LogP contribution in [-0.4, -0.2) is 78.3 Å².